The fourth-order valence-electron chi connectivity index (χ4n) is 5.13. The third-order valence-electron chi connectivity index (χ3n) is 6.50. The van der Waals surface area contributed by atoms with E-state index in [4.69, 9.17) is 5.73 Å². The molecule has 2 aliphatic heterocycles. The first-order chi connectivity index (χ1) is 14.0. The van der Waals surface area contributed by atoms with Gasteiger partial charge < -0.3 is 15.5 Å². The monoisotopic (exact) mass is 393 g/mol. The zero-order valence-electron chi connectivity index (χ0n) is 17.6. The van der Waals surface area contributed by atoms with Crippen LogP contribution in [-0.2, 0) is 11.2 Å². The first-order valence-corrected chi connectivity index (χ1v) is 10.7. The number of likely N-dealkylation sites (tertiary alicyclic amines) is 1. The van der Waals surface area contributed by atoms with Gasteiger partial charge in [-0.15, -0.1) is 0 Å². The van der Waals surface area contributed by atoms with E-state index in [1.807, 2.05) is 13.0 Å². The van der Waals surface area contributed by atoms with E-state index >= 15 is 0 Å². The Morgan fingerprint density at radius 2 is 1.93 bits per heavy atom. The lowest BCUT2D eigenvalue weighted by molar-refractivity contribution is -0.130. The second-order valence-corrected chi connectivity index (χ2v) is 8.43. The molecular weight excluding hydrogens is 362 g/mol. The van der Waals surface area contributed by atoms with Crippen molar-refractivity contribution in [3.8, 4) is 0 Å². The molecule has 0 bridgehead atoms. The number of aryl methyl sites for hydroxylation is 1. The van der Waals surface area contributed by atoms with Gasteiger partial charge in [-0.3, -0.25) is 4.79 Å². The van der Waals surface area contributed by atoms with E-state index in [0.29, 0.717) is 17.8 Å². The summed E-state index contributed by atoms with van der Waals surface area (Å²) in [5.74, 6) is 2.35. The molecule has 3 atom stereocenters. The number of nitrogens with two attached hydrogens (primary N) is 1. The van der Waals surface area contributed by atoms with E-state index < -0.39 is 0 Å². The molecule has 0 spiro atoms. The summed E-state index contributed by atoms with van der Waals surface area (Å²) in [6.45, 7) is 8.53. The van der Waals surface area contributed by atoms with Crippen molar-refractivity contribution >= 4 is 17.7 Å². The third-order valence-corrected chi connectivity index (χ3v) is 6.50. The van der Waals surface area contributed by atoms with Gasteiger partial charge >= 0.3 is 0 Å². The van der Waals surface area contributed by atoms with Crippen molar-refractivity contribution < 1.29 is 4.79 Å². The number of carbonyl (C=O) groups excluding carboxylic acids is 1. The minimum Gasteiger partial charge on any atom is -0.368 e. The summed E-state index contributed by atoms with van der Waals surface area (Å²) in [5, 5.41) is 0. The van der Waals surface area contributed by atoms with Crippen LogP contribution in [0.3, 0.4) is 0 Å². The summed E-state index contributed by atoms with van der Waals surface area (Å²) >= 11 is 0. The van der Waals surface area contributed by atoms with Crippen LogP contribution < -0.4 is 10.6 Å². The summed E-state index contributed by atoms with van der Waals surface area (Å²) in [4.78, 5) is 25.9. The fraction of sp³-hybridized carbons (Fsp3) is 0.522. The van der Waals surface area contributed by atoms with Crippen LogP contribution in [0.2, 0.25) is 0 Å². The molecule has 2 N–H and O–H groups in total. The van der Waals surface area contributed by atoms with Crippen LogP contribution in [0.15, 0.2) is 30.3 Å². The van der Waals surface area contributed by atoms with Gasteiger partial charge in [-0.1, -0.05) is 43.7 Å². The van der Waals surface area contributed by atoms with Gasteiger partial charge in [-0.25, -0.2) is 4.98 Å². The quantitative estimate of drug-likeness (QED) is 0.843. The molecule has 0 saturated carbocycles. The summed E-state index contributed by atoms with van der Waals surface area (Å²) in [6.07, 6.45) is 3.23. The topological polar surface area (TPSA) is 75.3 Å². The molecule has 0 radical (unpaired) electrons. The fourth-order valence-corrected chi connectivity index (χ4v) is 5.13. The van der Waals surface area contributed by atoms with E-state index in [1.54, 1.807) is 6.92 Å². The largest absolute Gasteiger partial charge is 0.368 e. The third kappa shape index (κ3) is 3.68. The molecule has 3 heterocycles. The number of nitrogen functional groups attached to an aromatic ring is 1. The summed E-state index contributed by atoms with van der Waals surface area (Å²) in [5.41, 5.74) is 9.45. The zero-order valence-corrected chi connectivity index (χ0v) is 17.6. The van der Waals surface area contributed by atoms with E-state index in [-0.39, 0.29) is 11.9 Å². The normalized spacial score (nSPS) is 23.5. The molecule has 2 aliphatic rings. The first kappa shape index (κ1) is 19.7. The maximum Gasteiger partial charge on any atom is 0.222 e. The van der Waals surface area contributed by atoms with Crippen LogP contribution in [0.4, 0.5) is 11.8 Å². The van der Waals surface area contributed by atoms with Gasteiger partial charge in [0.05, 0.1) is 6.04 Å². The molecule has 0 aliphatic carbocycles. The average Bonchev–Trinajstić information content (AvgIpc) is 3.25. The number of unbranched alkanes of at least 4 members (excludes halogenated alkanes) is 1. The molecule has 0 unspecified atom stereocenters. The van der Waals surface area contributed by atoms with E-state index in [2.05, 4.69) is 51.0 Å². The maximum atomic E-state index is 12.3. The van der Waals surface area contributed by atoms with Crippen molar-refractivity contribution in [2.75, 3.05) is 30.3 Å². The number of anilines is 2. The number of carbonyl (C=O) groups is 1. The number of hydrogen-bond donors (Lipinski definition) is 1. The van der Waals surface area contributed by atoms with Gasteiger partial charge in [-0.2, -0.15) is 4.98 Å². The lowest BCUT2D eigenvalue weighted by Crippen LogP contribution is -2.35. The predicted molar refractivity (Wildman–Crippen MR) is 116 cm³/mol. The number of rotatable bonds is 5. The van der Waals surface area contributed by atoms with Crippen LogP contribution in [-0.4, -0.2) is 40.4 Å². The SMILES string of the molecule is CCCCc1c(C)nc(N)nc1N1C[C@@H]2CN(C(C)=O)[C@@H](c3ccccc3)[C@@H]2C1. The lowest BCUT2D eigenvalue weighted by atomic mass is 9.89. The lowest BCUT2D eigenvalue weighted by Gasteiger charge is -2.30. The Morgan fingerprint density at radius 1 is 1.17 bits per heavy atom. The molecule has 1 amide bonds. The number of amides is 1. The van der Waals surface area contributed by atoms with Crippen molar-refractivity contribution in [2.24, 2.45) is 11.8 Å². The van der Waals surface area contributed by atoms with Gasteiger partial charge in [0.1, 0.15) is 5.82 Å². The molecule has 6 heteroatoms. The Morgan fingerprint density at radius 3 is 2.62 bits per heavy atom. The predicted octanol–water partition coefficient (Wildman–Crippen LogP) is 3.37. The highest BCUT2D eigenvalue weighted by molar-refractivity contribution is 5.74. The zero-order chi connectivity index (χ0) is 20.5. The molecule has 2 fully saturated rings. The van der Waals surface area contributed by atoms with Crippen molar-refractivity contribution in [2.45, 2.75) is 46.1 Å². The molecule has 6 nitrogen and oxygen atoms in total. The number of fused-ring (bicyclic) bond motifs is 1. The van der Waals surface area contributed by atoms with Gasteiger partial charge in [0.2, 0.25) is 11.9 Å². The van der Waals surface area contributed by atoms with Crippen molar-refractivity contribution in [1.29, 1.82) is 0 Å². The molecule has 2 saturated heterocycles. The Kier molecular flexibility index (Phi) is 5.43. The number of nitrogens with zero attached hydrogens (tertiary/aromatic N) is 4. The second kappa shape index (κ2) is 8.01. The van der Waals surface area contributed by atoms with Crippen molar-refractivity contribution in [3.63, 3.8) is 0 Å². The van der Waals surface area contributed by atoms with E-state index in [1.165, 1.54) is 11.1 Å². The Labute approximate surface area is 173 Å². The number of benzene rings is 1. The second-order valence-electron chi connectivity index (χ2n) is 8.43. The van der Waals surface area contributed by atoms with Crippen molar-refractivity contribution in [1.82, 2.24) is 14.9 Å². The summed E-state index contributed by atoms with van der Waals surface area (Å²) in [7, 11) is 0. The highest BCUT2D eigenvalue weighted by atomic mass is 16.2. The van der Waals surface area contributed by atoms with Crippen LogP contribution in [0, 0.1) is 18.8 Å². The van der Waals surface area contributed by atoms with Crippen molar-refractivity contribution in [3.05, 3.63) is 47.2 Å². The van der Waals surface area contributed by atoms with E-state index in [9.17, 15) is 4.79 Å². The molecule has 1 aromatic heterocycles. The standard InChI is InChI=1S/C23H31N5O/c1-4-5-11-19-15(2)25-23(24)26-22(19)27-12-18-13-28(16(3)29)21(20(18)14-27)17-9-7-6-8-10-17/h6-10,18,20-21H,4-5,11-14H2,1-3H3,(H2,24,25,26)/t18-,20-,21+/m1/s1. The van der Waals surface area contributed by atoms with Gasteiger partial charge in [-0.05, 0) is 25.3 Å². The molecule has 1 aromatic carbocycles. The average molecular weight is 394 g/mol. The van der Waals surface area contributed by atoms with Crippen LogP contribution in [0.25, 0.3) is 0 Å². The Hall–Kier alpha value is -2.63. The minimum atomic E-state index is 0.128. The summed E-state index contributed by atoms with van der Waals surface area (Å²) in [6, 6.07) is 10.6. The summed E-state index contributed by atoms with van der Waals surface area (Å²) < 4.78 is 0. The first-order valence-electron chi connectivity index (χ1n) is 10.7. The number of aromatic nitrogens is 2. The van der Waals surface area contributed by atoms with E-state index in [0.717, 1.165) is 50.4 Å². The van der Waals surface area contributed by atoms with Gasteiger partial charge in [0.15, 0.2) is 0 Å². The Balaban J connectivity index is 1.65. The van der Waals surface area contributed by atoms with Gasteiger partial charge in [0.25, 0.3) is 0 Å². The van der Waals surface area contributed by atoms with Gasteiger partial charge in [0, 0.05) is 49.7 Å². The molecular formula is C23H31N5O. The maximum absolute atomic E-state index is 12.3. The minimum absolute atomic E-state index is 0.128. The highest BCUT2D eigenvalue weighted by Crippen LogP contribution is 2.46. The molecule has 4 rings (SSSR count). The number of hydrogen-bond acceptors (Lipinski definition) is 5. The smallest absolute Gasteiger partial charge is 0.222 e. The van der Waals surface area contributed by atoms with Crippen LogP contribution in [0.1, 0.15) is 49.6 Å². The molecule has 154 valence electrons. The van der Waals surface area contributed by atoms with Crippen LogP contribution in [0.5, 0.6) is 0 Å². The molecule has 2 aromatic rings. The molecule has 29 heavy (non-hydrogen) atoms. The van der Waals surface area contributed by atoms with Crippen LogP contribution >= 0.6 is 0 Å². The Bertz CT molecular complexity index is 884. The highest BCUT2D eigenvalue weighted by Gasteiger charge is 2.49.